The van der Waals surface area contributed by atoms with Gasteiger partial charge in [0, 0.05) is 12.1 Å². The molecule has 0 radical (unpaired) electrons. The van der Waals surface area contributed by atoms with Crippen LogP contribution in [0.25, 0.3) is 0 Å². The zero-order valence-electron chi connectivity index (χ0n) is 11.2. The van der Waals surface area contributed by atoms with Crippen molar-refractivity contribution in [2.45, 2.75) is 25.8 Å². The Balaban J connectivity index is 1.96. The minimum Gasteiger partial charge on any atom is -0.384 e. The van der Waals surface area contributed by atoms with Gasteiger partial charge in [0.1, 0.15) is 5.82 Å². The van der Waals surface area contributed by atoms with E-state index in [0.717, 1.165) is 24.2 Å². The number of hydrogen-bond donors (Lipinski definition) is 1. The molecule has 0 spiro atoms. The van der Waals surface area contributed by atoms with Gasteiger partial charge in [0.05, 0.1) is 12.2 Å². The number of fused-ring (bicyclic) bond motifs is 1. The molecule has 102 valence electrons. The van der Waals surface area contributed by atoms with E-state index in [4.69, 9.17) is 5.73 Å². The SMILES string of the molecule is Nc1cccc(CN2C(=O)CCCc3ccccc32)n1. The van der Waals surface area contributed by atoms with Gasteiger partial charge < -0.3 is 10.6 Å². The molecule has 0 fully saturated rings. The number of aryl methyl sites for hydroxylation is 1. The van der Waals surface area contributed by atoms with Crippen LogP contribution in [0.15, 0.2) is 42.5 Å². The average molecular weight is 267 g/mol. The molecule has 4 nitrogen and oxygen atoms in total. The quantitative estimate of drug-likeness (QED) is 0.909. The lowest BCUT2D eigenvalue weighted by Crippen LogP contribution is -2.30. The number of benzene rings is 1. The van der Waals surface area contributed by atoms with Crippen LogP contribution in [0.4, 0.5) is 11.5 Å². The van der Waals surface area contributed by atoms with Crippen molar-refractivity contribution in [3.8, 4) is 0 Å². The van der Waals surface area contributed by atoms with E-state index in [-0.39, 0.29) is 5.91 Å². The monoisotopic (exact) mass is 267 g/mol. The first kappa shape index (κ1) is 12.7. The van der Waals surface area contributed by atoms with E-state index in [1.54, 1.807) is 6.07 Å². The molecule has 0 saturated carbocycles. The van der Waals surface area contributed by atoms with E-state index in [9.17, 15) is 4.79 Å². The Morgan fingerprint density at radius 1 is 1.10 bits per heavy atom. The highest BCUT2D eigenvalue weighted by Gasteiger charge is 2.22. The minimum atomic E-state index is 0.152. The van der Waals surface area contributed by atoms with Crippen LogP contribution in [-0.4, -0.2) is 10.9 Å². The smallest absolute Gasteiger partial charge is 0.227 e. The number of carbonyl (C=O) groups is 1. The van der Waals surface area contributed by atoms with Crippen LogP contribution >= 0.6 is 0 Å². The lowest BCUT2D eigenvalue weighted by atomic mass is 10.1. The lowest BCUT2D eigenvalue weighted by Gasteiger charge is -2.22. The third-order valence-electron chi connectivity index (χ3n) is 3.57. The topological polar surface area (TPSA) is 59.2 Å². The first-order valence-electron chi connectivity index (χ1n) is 6.84. The standard InChI is InChI=1S/C16H17N3O/c17-15-9-4-7-13(18-15)11-19-14-8-2-1-5-12(14)6-3-10-16(19)20/h1-2,4-5,7-9H,3,6,10-11H2,(H2,17,18). The van der Waals surface area contributed by atoms with Crippen molar-refractivity contribution in [1.29, 1.82) is 0 Å². The van der Waals surface area contributed by atoms with Gasteiger partial charge in [0.25, 0.3) is 0 Å². The fourth-order valence-electron chi connectivity index (χ4n) is 2.61. The summed E-state index contributed by atoms with van der Waals surface area (Å²) in [7, 11) is 0. The van der Waals surface area contributed by atoms with Crippen molar-refractivity contribution < 1.29 is 4.79 Å². The largest absolute Gasteiger partial charge is 0.384 e. The van der Waals surface area contributed by atoms with Crippen LogP contribution in [0.1, 0.15) is 24.1 Å². The summed E-state index contributed by atoms with van der Waals surface area (Å²) in [4.78, 5) is 18.4. The number of pyridine rings is 1. The molecule has 0 aliphatic carbocycles. The van der Waals surface area contributed by atoms with Gasteiger partial charge in [-0.3, -0.25) is 4.79 Å². The normalized spacial score (nSPS) is 14.8. The van der Waals surface area contributed by atoms with E-state index in [0.29, 0.717) is 18.8 Å². The minimum absolute atomic E-state index is 0.152. The van der Waals surface area contributed by atoms with Gasteiger partial charge in [-0.2, -0.15) is 0 Å². The maximum absolute atomic E-state index is 12.3. The number of amides is 1. The highest BCUT2D eigenvalue weighted by Crippen LogP contribution is 2.27. The van der Waals surface area contributed by atoms with E-state index < -0.39 is 0 Å². The van der Waals surface area contributed by atoms with Gasteiger partial charge >= 0.3 is 0 Å². The van der Waals surface area contributed by atoms with Gasteiger partial charge in [0.2, 0.25) is 5.91 Å². The third kappa shape index (κ3) is 2.50. The van der Waals surface area contributed by atoms with Gasteiger partial charge in [-0.1, -0.05) is 24.3 Å². The lowest BCUT2D eigenvalue weighted by molar-refractivity contribution is -0.118. The second-order valence-electron chi connectivity index (χ2n) is 5.02. The Morgan fingerprint density at radius 2 is 1.95 bits per heavy atom. The zero-order valence-corrected chi connectivity index (χ0v) is 11.2. The number of nitrogens with zero attached hydrogens (tertiary/aromatic N) is 2. The summed E-state index contributed by atoms with van der Waals surface area (Å²) in [5, 5.41) is 0. The summed E-state index contributed by atoms with van der Waals surface area (Å²) in [6.45, 7) is 0.473. The Labute approximate surface area is 118 Å². The molecule has 0 bridgehead atoms. The van der Waals surface area contributed by atoms with Crippen molar-refractivity contribution in [2.75, 3.05) is 10.6 Å². The highest BCUT2D eigenvalue weighted by molar-refractivity contribution is 5.94. The number of hydrogen-bond acceptors (Lipinski definition) is 3. The predicted octanol–water partition coefficient (Wildman–Crippen LogP) is 2.53. The molecular formula is C16H17N3O. The number of rotatable bonds is 2. The van der Waals surface area contributed by atoms with E-state index >= 15 is 0 Å². The molecule has 0 saturated heterocycles. The number of carbonyl (C=O) groups excluding carboxylic acids is 1. The number of nitrogen functional groups attached to an aromatic ring is 1. The van der Waals surface area contributed by atoms with E-state index in [1.165, 1.54) is 5.56 Å². The Kier molecular flexibility index (Phi) is 3.37. The fraction of sp³-hybridized carbons (Fsp3) is 0.250. The molecule has 1 aromatic carbocycles. The highest BCUT2D eigenvalue weighted by atomic mass is 16.2. The van der Waals surface area contributed by atoms with Crippen LogP contribution in [-0.2, 0) is 17.8 Å². The first-order valence-corrected chi connectivity index (χ1v) is 6.84. The molecule has 4 heteroatoms. The second-order valence-corrected chi connectivity index (χ2v) is 5.02. The maximum Gasteiger partial charge on any atom is 0.227 e. The summed E-state index contributed by atoms with van der Waals surface area (Å²) >= 11 is 0. The van der Waals surface area contributed by atoms with Crippen LogP contribution in [0.3, 0.4) is 0 Å². The molecule has 1 aliphatic heterocycles. The van der Waals surface area contributed by atoms with Crippen molar-refractivity contribution in [3.63, 3.8) is 0 Å². The third-order valence-corrected chi connectivity index (χ3v) is 3.57. The fourth-order valence-corrected chi connectivity index (χ4v) is 2.61. The average Bonchev–Trinajstić information content (AvgIpc) is 2.59. The molecule has 3 rings (SSSR count). The van der Waals surface area contributed by atoms with Crippen molar-refractivity contribution >= 4 is 17.4 Å². The molecule has 20 heavy (non-hydrogen) atoms. The summed E-state index contributed by atoms with van der Waals surface area (Å²) in [5.41, 5.74) is 8.75. The van der Waals surface area contributed by atoms with Crippen LogP contribution in [0.2, 0.25) is 0 Å². The molecule has 1 amide bonds. The number of nitrogens with two attached hydrogens (primary N) is 1. The van der Waals surface area contributed by atoms with Crippen molar-refractivity contribution in [2.24, 2.45) is 0 Å². The molecular weight excluding hydrogens is 250 g/mol. The second kappa shape index (κ2) is 5.33. The number of aromatic nitrogens is 1. The maximum atomic E-state index is 12.3. The molecule has 2 heterocycles. The van der Waals surface area contributed by atoms with Crippen LogP contribution < -0.4 is 10.6 Å². The number of anilines is 2. The molecule has 2 N–H and O–H groups in total. The van der Waals surface area contributed by atoms with Gasteiger partial charge in [-0.05, 0) is 36.6 Å². The molecule has 1 aliphatic rings. The predicted molar refractivity (Wildman–Crippen MR) is 79.2 cm³/mol. The summed E-state index contributed by atoms with van der Waals surface area (Å²) in [5.74, 6) is 0.636. The molecule has 2 aromatic rings. The van der Waals surface area contributed by atoms with Crippen LogP contribution in [0, 0.1) is 0 Å². The summed E-state index contributed by atoms with van der Waals surface area (Å²) < 4.78 is 0. The molecule has 0 atom stereocenters. The summed E-state index contributed by atoms with van der Waals surface area (Å²) in [6, 6.07) is 13.6. The first-order chi connectivity index (χ1) is 9.74. The van der Waals surface area contributed by atoms with E-state index in [2.05, 4.69) is 11.1 Å². The van der Waals surface area contributed by atoms with Gasteiger partial charge in [0.15, 0.2) is 0 Å². The Hall–Kier alpha value is -2.36. The van der Waals surface area contributed by atoms with Crippen molar-refractivity contribution in [1.82, 2.24) is 4.98 Å². The number of para-hydroxylation sites is 1. The Morgan fingerprint density at radius 3 is 2.80 bits per heavy atom. The van der Waals surface area contributed by atoms with E-state index in [1.807, 2.05) is 35.2 Å². The van der Waals surface area contributed by atoms with Gasteiger partial charge in [-0.15, -0.1) is 0 Å². The molecule has 0 unspecified atom stereocenters. The summed E-state index contributed by atoms with van der Waals surface area (Å²) in [6.07, 6.45) is 2.43. The van der Waals surface area contributed by atoms with Gasteiger partial charge in [-0.25, -0.2) is 4.98 Å². The van der Waals surface area contributed by atoms with Crippen molar-refractivity contribution in [3.05, 3.63) is 53.7 Å². The zero-order chi connectivity index (χ0) is 13.9. The molecule has 1 aromatic heterocycles. The van der Waals surface area contributed by atoms with Crippen LogP contribution in [0.5, 0.6) is 0 Å². The Bertz CT molecular complexity index is 639.